The molecule has 22 heavy (non-hydrogen) atoms. The van der Waals surface area contributed by atoms with Crippen LogP contribution in [0.3, 0.4) is 0 Å². The van der Waals surface area contributed by atoms with Crippen LogP contribution in [0.25, 0.3) is 0 Å². The second kappa shape index (κ2) is 8.24. The Balaban J connectivity index is 1.99. The van der Waals surface area contributed by atoms with Crippen LogP contribution < -0.4 is 0 Å². The molecule has 0 saturated heterocycles. The summed E-state index contributed by atoms with van der Waals surface area (Å²) in [5.41, 5.74) is 1.56. The Bertz CT molecular complexity index is 573. The molecule has 0 aliphatic carbocycles. The lowest BCUT2D eigenvalue weighted by atomic mass is 9.96. The number of hydrogen-bond acceptors (Lipinski definition) is 5. The Morgan fingerprint density at radius 3 is 2.50 bits per heavy atom. The van der Waals surface area contributed by atoms with Crippen molar-refractivity contribution in [3.8, 4) is 0 Å². The lowest BCUT2D eigenvalue weighted by Crippen LogP contribution is -2.20. The van der Waals surface area contributed by atoms with Gasteiger partial charge in [-0.3, -0.25) is 0 Å². The maximum absolute atomic E-state index is 12.0. The summed E-state index contributed by atoms with van der Waals surface area (Å²) in [7, 11) is 4.07. The Kier molecular flexibility index (Phi) is 6.03. The molecule has 116 valence electrons. The van der Waals surface area contributed by atoms with E-state index in [-0.39, 0.29) is 11.9 Å². The third-order valence-electron chi connectivity index (χ3n) is 3.41. The minimum absolute atomic E-state index is 0.178. The van der Waals surface area contributed by atoms with Gasteiger partial charge in [-0.25, -0.2) is 14.8 Å². The molecule has 0 spiro atoms. The summed E-state index contributed by atoms with van der Waals surface area (Å²) in [6.07, 6.45) is 5.25. The van der Waals surface area contributed by atoms with Crippen LogP contribution in [-0.4, -0.2) is 48.1 Å². The van der Waals surface area contributed by atoms with Crippen LogP contribution in [0.2, 0.25) is 0 Å². The average Bonchev–Trinajstić information content (AvgIpc) is 2.56. The first-order chi connectivity index (χ1) is 10.7. The highest BCUT2D eigenvalue weighted by atomic mass is 16.5. The first kappa shape index (κ1) is 16.1. The smallest absolute Gasteiger partial charge is 0.341 e. The quantitative estimate of drug-likeness (QED) is 0.735. The molecule has 5 nitrogen and oxygen atoms in total. The van der Waals surface area contributed by atoms with Gasteiger partial charge in [0.1, 0.15) is 6.33 Å². The number of esters is 1. The van der Waals surface area contributed by atoms with Crippen molar-refractivity contribution in [2.24, 2.45) is 0 Å². The van der Waals surface area contributed by atoms with Crippen molar-refractivity contribution in [3.05, 3.63) is 60.2 Å². The minimum atomic E-state index is -0.383. The molecule has 2 rings (SSSR count). The molecule has 0 saturated carbocycles. The molecule has 0 radical (unpaired) electrons. The van der Waals surface area contributed by atoms with Gasteiger partial charge in [-0.15, -0.1) is 0 Å². The van der Waals surface area contributed by atoms with E-state index in [4.69, 9.17) is 4.74 Å². The predicted molar refractivity (Wildman–Crippen MR) is 84.7 cm³/mol. The van der Waals surface area contributed by atoms with Crippen molar-refractivity contribution < 1.29 is 9.53 Å². The van der Waals surface area contributed by atoms with Crippen LogP contribution in [0.5, 0.6) is 0 Å². The highest BCUT2D eigenvalue weighted by Crippen LogP contribution is 2.20. The molecule has 1 heterocycles. The van der Waals surface area contributed by atoms with Crippen LogP contribution in [-0.2, 0) is 4.74 Å². The van der Waals surface area contributed by atoms with Crippen molar-refractivity contribution in [3.63, 3.8) is 0 Å². The molecule has 1 unspecified atom stereocenters. The summed E-state index contributed by atoms with van der Waals surface area (Å²) in [4.78, 5) is 21.8. The highest BCUT2D eigenvalue weighted by molar-refractivity contribution is 5.88. The van der Waals surface area contributed by atoms with Gasteiger partial charge in [0, 0.05) is 18.3 Å². The summed E-state index contributed by atoms with van der Waals surface area (Å²) in [6.45, 7) is 1.29. The van der Waals surface area contributed by atoms with E-state index < -0.39 is 0 Å². The zero-order valence-corrected chi connectivity index (χ0v) is 13.0. The Hall–Kier alpha value is -2.27. The van der Waals surface area contributed by atoms with Crippen molar-refractivity contribution in [1.82, 2.24) is 14.9 Å². The van der Waals surface area contributed by atoms with E-state index in [1.807, 2.05) is 32.3 Å². The molecule has 0 aliphatic heterocycles. The number of carbonyl (C=O) groups is 1. The molecule has 1 atom stereocenters. The fourth-order valence-electron chi connectivity index (χ4n) is 2.15. The van der Waals surface area contributed by atoms with Gasteiger partial charge in [-0.2, -0.15) is 0 Å². The SMILES string of the molecule is CN(C)CCC(COC(=O)c1cncnc1)c1ccccc1. The fourth-order valence-corrected chi connectivity index (χ4v) is 2.15. The van der Waals surface area contributed by atoms with E-state index in [2.05, 4.69) is 27.0 Å². The summed E-state index contributed by atoms with van der Waals surface area (Å²) in [5, 5.41) is 0. The van der Waals surface area contributed by atoms with E-state index in [0.29, 0.717) is 12.2 Å². The third kappa shape index (κ3) is 4.93. The summed E-state index contributed by atoms with van der Waals surface area (Å²) in [6, 6.07) is 10.1. The number of rotatable bonds is 7. The van der Waals surface area contributed by atoms with Gasteiger partial charge in [0.05, 0.1) is 12.2 Å². The average molecular weight is 299 g/mol. The third-order valence-corrected chi connectivity index (χ3v) is 3.41. The van der Waals surface area contributed by atoms with Crippen LogP contribution in [0.4, 0.5) is 0 Å². The summed E-state index contributed by atoms with van der Waals surface area (Å²) in [5.74, 6) is -0.205. The molecule has 0 aliphatic rings. The predicted octanol–water partition coefficient (Wildman–Crippen LogP) is 2.37. The van der Waals surface area contributed by atoms with Crippen molar-refractivity contribution in [1.29, 1.82) is 0 Å². The highest BCUT2D eigenvalue weighted by Gasteiger charge is 2.16. The molecule has 0 fully saturated rings. The van der Waals surface area contributed by atoms with Crippen LogP contribution in [0.1, 0.15) is 28.3 Å². The fraction of sp³-hybridized carbons (Fsp3) is 0.353. The normalized spacial score (nSPS) is 12.1. The van der Waals surface area contributed by atoms with Crippen LogP contribution in [0.15, 0.2) is 49.1 Å². The molecule has 0 amide bonds. The van der Waals surface area contributed by atoms with E-state index >= 15 is 0 Å². The summed E-state index contributed by atoms with van der Waals surface area (Å²) >= 11 is 0. The molecule has 2 aromatic rings. The second-order valence-corrected chi connectivity index (χ2v) is 5.43. The van der Waals surface area contributed by atoms with Crippen molar-refractivity contribution in [2.45, 2.75) is 12.3 Å². The first-order valence-corrected chi connectivity index (χ1v) is 7.28. The number of benzene rings is 1. The number of carbonyl (C=O) groups excluding carboxylic acids is 1. The van der Waals surface area contributed by atoms with Crippen molar-refractivity contribution in [2.75, 3.05) is 27.2 Å². The maximum atomic E-state index is 12.0. The molecular formula is C17H21N3O2. The van der Waals surface area contributed by atoms with Crippen molar-refractivity contribution >= 4 is 5.97 Å². The molecule has 5 heteroatoms. The zero-order valence-electron chi connectivity index (χ0n) is 13.0. The Morgan fingerprint density at radius 2 is 1.86 bits per heavy atom. The second-order valence-electron chi connectivity index (χ2n) is 5.43. The van der Waals surface area contributed by atoms with Gasteiger partial charge < -0.3 is 9.64 Å². The number of aromatic nitrogens is 2. The maximum Gasteiger partial charge on any atom is 0.341 e. The van der Waals surface area contributed by atoms with E-state index in [0.717, 1.165) is 13.0 Å². The van der Waals surface area contributed by atoms with E-state index in [1.54, 1.807) is 0 Å². The van der Waals surface area contributed by atoms with Crippen LogP contribution >= 0.6 is 0 Å². The lowest BCUT2D eigenvalue weighted by molar-refractivity contribution is 0.0471. The zero-order chi connectivity index (χ0) is 15.8. The lowest BCUT2D eigenvalue weighted by Gasteiger charge is -2.19. The van der Waals surface area contributed by atoms with Gasteiger partial charge in [0.25, 0.3) is 0 Å². The number of hydrogen-bond donors (Lipinski definition) is 0. The van der Waals surface area contributed by atoms with Gasteiger partial charge in [0.2, 0.25) is 0 Å². The minimum Gasteiger partial charge on any atom is -0.461 e. The summed E-state index contributed by atoms with van der Waals surface area (Å²) < 4.78 is 5.44. The first-order valence-electron chi connectivity index (χ1n) is 7.28. The standard InChI is InChI=1S/C17H21N3O2/c1-20(2)9-8-15(14-6-4-3-5-7-14)12-22-17(21)16-10-18-13-19-11-16/h3-7,10-11,13,15H,8-9,12H2,1-2H3. The topological polar surface area (TPSA) is 55.3 Å². The van der Waals surface area contributed by atoms with Gasteiger partial charge >= 0.3 is 5.97 Å². The molecule has 0 N–H and O–H groups in total. The number of ether oxygens (including phenoxy) is 1. The van der Waals surface area contributed by atoms with E-state index in [1.165, 1.54) is 24.3 Å². The molecule has 1 aromatic carbocycles. The van der Waals surface area contributed by atoms with Crippen LogP contribution in [0, 0.1) is 0 Å². The van der Waals surface area contributed by atoms with Gasteiger partial charge in [-0.05, 0) is 32.6 Å². The van der Waals surface area contributed by atoms with E-state index in [9.17, 15) is 4.79 Å². The Morgan fingerprint density at radius 1 is 1.18 bits per heavy atom. The molecule has 0 bridgehead atoms. The molecule has 1 aromatic heterocycles. The monoisotopic (exact) mass is 299 g/mol. The largest absolute Gasteiger partial charge is 0.461 e. The Labute approximate surface area is 131 Å². The van der Waals surface area contributed by atoms with Gasteiger partial charge in [-0.1, -0.05) is 30.3 Å². The van der Waals surface area contributed by atoms with Gasteiger partial charge in [0.15, 0.2) is 0 Å². The molecular weight excluding hydrogens is 278 g/mol. The number of nitrogens with zero attached hydrogens (tertiary/aromatic N) is 3.